The summed E-state index contributed by atoms with van der Waals surface area (Å²) in [4.78, 5) is 24.2. The first-order valence-corrected chi connectivity index (χ1v) is 9.14. The van der Waals surface area contributed by atoms with Crippen LogP contribution >= 0.6 is 11.8 Å². The molecule has 0 aliphatic rings. The van der Waals surface area contributed by atoms with Crippen LogP contribution in [0.2, 0.25) is 0 Å². The van der Waals surface area contributed by atoms with Crippen molar-refractivity contribution in [2.75, 3.05) is 5.32 Å². The second-order valence-corrected chi connectivity index (χ2v) is 7.03. The van der Waals surface area contributed by atoms with E-state index in [0.29, 0.717) is 33.8 Å². The first-order valence-electron chi connectivity index (χ1n) is 8.26. The molecule has 0 aromatic carbocycles. The molecule has 8 heteroatoms. The predicted molar refractivity (Wildman–Crippen MR) is 102 cm³/mol. The Morgan fingerprint density at radius 3 is 2.48 bits per heavy atom. The molecule has 27 heavy (non-hydrogen) atoms. The highest BCUT2D eigenvalue weighted by Crippen LogP contribution is 2.34. The number of aromatic nitrogens is 3. The number of nitrogens with zero attached hydrogens (tertiary/aromatic N) is 2. The molecule has 136 valence electrons. The fourth-order valence-electron chi connectivity index (χ4n) is 2.50. The number of H-pyrrole nitrogens is 1. The van der Waals surface area contributed by atoms with Gasteiger partial charge in [-0.2, -0.15) is 0 Å². The lowest BCUT2D eigenvalue weighted by Gasteiger charge is -2.10. The van der Waals surface area contributed by atoms with E-state index in [2.05, 4.69) is 20.3 Å². The molecule has 0 aliphatic heterocycles. The molecule has 1 amide bonds. The lowest BCUT2D eigenvalue weighted by molar-refractivity contribution is -0.115. The fourth-order valence-corrected chi connectivity index (χ4v) is 3.30. The van der Waals surface area contributed by atoms with Gasteiger partial charge >= 0.3 is 0 Å². The molecule has 0 saturated carbocycles. The smallest absolute Gasteiger partial charge is 0.237 e. The van der Waals surface area contributed by atoms with Crippen molar-refractivity contribution in [3.05, 3.63) is 61.3 Å². The van der Waals surface area contributed by atoms with Crippen molar-refractivity contribution >= 4 is 23.4 Å². The van der Waals surface area contributed by atoms with E-state index >= 15 is 0 Å². The number of nitrogens with one attached hydrogen (secondary N) is 2. The number of pyridine rings is 1. The van der Waals surface area contributed by atoms with Crippen LogP contribution in [0.4, 0.5) is 5.69 Å². The van der Waals surface area contributed by atoms with Gasteiger partial charge in [-0.05, 0) is 43.3 Å². The number of hydrogen-bond donors (Lipinski definition) is 2. The van der Waals surface area contributed by atoms with Crippen LogP contribution in [0.15, 0.2) is 75.3 Å². The highest BCUT2D eigenvalue weighted by atomic mass is 32.2. The van der Waals surface area contributed by atoms with Crippen molar-refractivity contribution in [1.29, 1.82) is 0 Å². The first kappa shape index (κ1) is 17.2. The number of furan rings is 2. The number of aromatic amines is 1. The van der Waals surface area contributed by atoms with Gasteiger partial charge < -0.3 is 19.1 Å². The van der Waals surface area contributed by atoms with Gasteiger partial charge in [0, 0.05) is 18.1 Å². The summed E-state index contributed by atoms with van der Waals surface area (Å²) in [5, 5.41) is 3.10. The van der Waals surface area contributed by atoms with Crippen LogP contribution in [0.25, 0.3) is 22.9 Å². The fraction of sp³-hybridized carbons (Fsp3) is 0.105. The quantitative estimate of drug-likeness (QED) is 0.480. The number of thioether (sulfide) groups is 1. The molecule has 2 N–H and O–H groups in total. The molecular formula is C19H16N4O3S. The molecular weight excluding hydrogens is 364 g/mol. The Hall–Kier alpha value is -3.26. The molecule has 0 bridgehead atoms. The molecule has 0 fully saturated rings. The summed E-state index contributed by atoms with van der Waals surface area (Å²) in [5.74, 6) is 1.15. The van der Waals surface area contributed by atoms with Crippen molar-refractivity contribution < 1.29 is 13.6 Å². The number of hydrogen-bond acceptors (Lipinski definition) is 6. The van der Waals surface area contributed by atoms with Gasteiger partial charge in [-0.1, -0.05) is 11.8 Å². The summed E-state index contributed by atoms with van der Waals surface area (Å²) in [5.41, 5.74) is 2.05. The Bertz CT molecular complexity index is 959. The van der Waals surface area contributed by atoms with Crippen LogP contribution in [0.3, 0.4) is 0 Å². The van der Waals surface area contributed by atoms with Crippen LogP contribution in [0.5, 0.6) is 0 Å². The molecule has 4 heterocycles. The second-order valence-electron chi connectivity index (χ2n) is 5.71. The number of imidazole rings is 1. The summed E-state index contributed by atoms with van der Waals surface area (Å²) < 4.78 is 11.0. The highest BCUT2D eigenvalue weighted by Gasteiger charge is 2.22. The van der Waals surface area contributed by atoms with E-state index in [0.717, 1.165) is 0 Å². The van der Waals surface area contributed by atoms with Crippen LogP contribution in [-0.4, -0.2) is 26.1 Å². The van der Waals surface area contributed by atoms with E-state index in [1.54, 1.807) is 49.2 Å². The van der Waals surface area contributed by atoms with Gasteiger partial charge in [-0.25, -0.2) is 4.98 Å². The minimum Gasteiger partial charge on any atom is -0.463 e. The van der Waals surface area contributed by atoms with Crippen molar-refractivity contribution in [2.24, 2.45) is 0 Å². The summed E-state index contributed by atoms with van der Waals surface area (Å²) in [6, 6.07) is 10.8. The SMILES string of the molecule is CC(Sc1nc(-c2ccco2)c(-c2ccco2)[nH]1)C(=O)Nc1ccncc1. The molecule has 0 aliphatic carbocycles. The van der Waals surface area contributed by atoms with Crippen LogP contribution < -0.4 is 5.32 Å². The van der Waals surface area contributed by atoms with Gasteiger partial charge in [0.05, 0.1) is 17.8 Å². The number of rotatable bonds is 6. The minimum absolute atomic E-state index is 0.123. The predicted octanol–water partition coefficient (Wildman–Crippen LogP) is 4.44. The van der Waals surface area contributed by atoms with Gasteiger partial charge in [0.15, 0.2) is 16.7 Å². The van der Waals surface area contributed by atoms with Gasteiger partial charge in [0.25, 0.3) is 0 Å². The Kier molecular flexibility index (Phi) is 4.80. The van der Waals surface area contributed by atoms with Crippen molar-refractivity contribution in [1.82, 2.24) is 15.0 Å². The minimum atomic E-state index is -0.363. The summed E-state index contributed by atoms with van der Waals surface area (Å²) >= 11 is 1.32. The Balaban J connectivity index is 1.55. The van der Waals surface area contributed by atoms with E-state index in [-0.39, 0.29) is 11.2 Å². The van der Waals surface area contributed by atoms with Gasteiger partial charge in [-0.15, -0.1) is 0 Å². The summed E-state index contributed by atoms with van der Waals surface area (Å²) in [7, 11) is 0. The molecule has 7 nitrogen and oxygen atoms in total. The van der Waals surface area contributed by atoms with Crippen molar-refractivity contribution in [3.8, 4) is 22.9 Å². The normalized spacial score (nSPS) is 12.0. The average molecular weight is 380 g/mol. The van der Waals surface area contributed by atoms with E-state index in [1.807, 2.05) is 19.1 Å². The Morgan fingerprint density at radius 2 is 1.81 bits per heavy atom. The molecule has 4 aromatic heterocycles. The van der Waals surface area contributed by atoms with Crippen LogP contribution in [-0.2, 0) is 4.79 Å². The maximum Gasteiger partial charge on any atom is 0.237 e. The first-order chi connectivity index (χ1) is 13.2. The zero-order chi connectivity index (χ0) is 18.6. The maximum absolute atomic E-state index is 12.4. The molecule has 4 aromatic rings. The van der Waals surface area contributed by atoms with Crippen LogP contribution in [0, 0.1) is 0 Å². The molecule has 0 saturated heterocycles. The Morgan fingerprint density at radius 1 is 1.11 bits per heavy atom. The monoisotopic (exact) mass is 380 g/mol. The zero-order valence-electron chi connectivity index (χ0n) is 14.4. The molecule has 1 atom stereocenters. The van der Waals surface area contributed by atoms with Gasteiger partial charge in [0.1, 0.15) is 11.4 Å². The third-order valence-electron chi connectivity index (χ3n) is 3.81. The van der Waals surface area contributed by atoms with Gasteiger partial charge in [-0.3, -0.25) is 9.78 Å². The Labute approximate surface area is 159 Å². The number of carbonyl (C=O) groups excluding carboxylic acids is 1. The highest BCUT2D eigenvalue weighted by molar-refractivity contribution is 8.00. The standard InChI is InChI=1S/C19H16N4O3S/c1-12(18(24)21-13-6-8-20-9-7-13)27-19-22-16(14-4-2-10-25-14)17(23-19)15-5-3-11-26-15/h2-12H,1H3,(H,22,23)(H,20,21,24). The molecule has 0 radical (unpaired) electrons. The van der Waals surface area contributed by atoms with E-state index < -0.39 is 0 Å². The molecule has 4 rings (SSSR count). The molecule has 0 spiro atoms. The summed E-state index contributed by atoms with van der Waals surface area (Å²) in [6.45, 7) is 1.82. The van der Waals surface area contributed by atoms with E-state index in [9.17, 15) is 4.79 Å². The van der Waals surface area contributed by atoms with E-state index in [1.165, 1.54) is 11.8 Å². The molecule has 1 unspecified atom stereocenters. The van der Waals surface area contributed by atoms with Crippen molar-refractivity contribution in [3.63, 3.8) is 0 Å². The van der Waals surface area contributed by atoms with Crippen LogP contribution in [0.1, 0.15) is 6.92 Å². The number of carbonyl (C=O) groups is 1. The second kappa shape index (κ2) is 7.55. The number of amides is 1. The average Bonchev–Trinajstić information content (AvgIpc) is 3.43. The maximum atomic E-state index is 12.4. The third kappa shape index (κ3) is 3.80. The zero-order valence-corrected chi connectivity index (χ0v) is 15.2. The largest absolute Gasteiger partial charge is 0.463 e. The van der Waals surface area contributed by atoms with Crippen molar-refractivity contribution in [2.45, 2.75) is 17.3 Å². The lowest BCUT2D eigenvalue weighted by Crippen LogP contribution is -2.22. The third-order valence-corrected chi connectivity index (χ3v) is 4.79. The van der Waals surface area contributed by atoms with E-state index in [4.69, 9.17) is 8.83 Å². The summed E-state index contributed by atoms with van der Waals surface area (Å²) in [6.07, 6.45) is 6.45. The topological polar surface area (TPSA) is 97.0 Å². The van der Waals surface area contributed by atoms with Gasteiger partial charge in [0.2, 0.25) is 5.91 Å². The lowest BCUT2D eigenvalue weighted by atomic mass is 10.2. The number of anilines is 1.